The molecule has 0 saturated carbocycles. The fraction of sp³-hybridized carbons (Fsp3) is 0.533. The lowest BCUT2D eigenvalue weighted by atomic mass is 10.1. The average Bonchev–Trinajstić information content (AvgIpc) is 2.29. The monoisotopic (exact) mass is 267 g/mol. The second kappa shape index (κ2) is 9.39. The summed E-state index contributed by atoms with van der Waals surface area (Å²) in [5.41, 5.74) is 5.34. The van der Waals surface area contributed by atoms with Gasteiger partial charge >= 0.3 is 5.97 Å². The van der Waals surface area contributed by atoms with Gasteiger partial charge in [0.25, 0.3) is 0 Å². The Hall–Kier alpha value is -1.55. The Morgan fingerprint density at radius 2 is 1.74 bits per heavy atom. The van der Waals surface area contributed by atoms with Crippen molar-refractivity contribution in [3.05, 3.63) is 30.3 Å². The molecular formula is C15H25NO3. The molecule has 0 aliphatic carbocycles. The van der Waals surface area contributed by atoms with Crippen LogP contribution in [0.1, 0.15) is 34.1 Å². The summed E-state index contributed by atoms with van der Waals surface area (Å²) in [4.78, 5) is 11.0. The van der Waals surface area contributed by atoms with E-state index in [0.29, 0.717) is 11.7 Å². The Bertz CT molecular complexity index is 350. The highest BCUT2D eigenvalue weighted by atomic mass is 16.5. The maximum atomic E-state index is 11.0. The third-order valence-corrected chi connectivity index (χ3v) is 2.25. The van der Waals surface area contributed by atoms with Crippen molar-refractivity contribution in [2.75, 3.05) is 0 Å². The molecule has 1 rings (SSSR count). The van der Waals surface area contributed by atoms with E-state index in [1.165, 1.54) is 0 Å². The van der Waals surface area contributed by atoms with Gasteiger partial charge in [0, 0.05) is 0 Å². The third kappa shape index (κ3) is 10.1. The highest BCUT2D eigenvalue weighted by Gasteiger charge is 2.13. The molecule has 0 radical (unpaired) electrons. The lowest BCUT2D eigenvalue weighted by Gasteiger charge is -2.16. The first kappa shape index (κ1) is 17.4. The summed E-state index contributed by atoms with van der Waals surface area (Å²) in [6.45, 7) is 7.71. The largest absolute Gasteiger partial charge is 0.508 e. The van der Waals surface area contributed by atoms with E-state index >= 15 is 0 Å². The molecule has 1 aromatic carbocycles. The summed E-state index contributed by atoms with van der Waals surface area (Å²) in [5, 5.41) is 8.63. The van der Waals surface area contributed by atoms with Crippen molar-refractivity contribution in [2.24, 2.45) is 11.7 Å². The first-order valence-corrected chi connectivity index (χ1v) is 6.53. The second-order valence-electron chi connectivity index (χ2n) is 5.00. The first-order valence-electron chi connectivity index (χ1n) is 6.53. The molecule has 2 atom stereocenters. The molecular weight excluding hydrogens is 242 g/mol. The fourth-order valence-corrected chi connectivity index (χ4v) is 1.45. The third-order valence-electron chi connectivity index (χ3n) is 2.25. The number of phenols is 1. The molecule has 0 aromatic heterocycles. The zero-order chi connectivity index (χ0) is 14.8. The van der Waals surface area contributed by atoms with Gasteiger partial charge in [-0.15, -0.1) is 0 Å². The Labute approximate surface area is 115 Å². The van der Waals surface area contributed by atoms with Gasteiger partial charge < -0.3 is 15.6 Å². The second-order valence-corrected chi connectivity index (χ2v) is 5.00. The van der Waals surface area contributed by atoms with E-state index in [9.17, 15) is 4.79 Å². The lowest BCUT2D eigenvalue weighted by Crippen LogP contribution is -2.31. The van der Waals surface area contributed by atoms with Crippen molar-refractivity contribution < 1.29 is 14.6 Å². The molecule has 108 valence electrons. The van der Waals surface area contributed by atoms with Crippen LogP contribution in [-0.2, 0) is 9.53 Å². The van der Waals surface area contributed by atoms with Crippen LogP contribution < -0.4 is 5.73 Å². The van der Waals surface area contributed by atoms with E-state index in [1.54, 1.807) is 31.2 Å². The number of para-hydroxylation sites is 1. The molecule has 0 fully saturated rings. The molecule has 0 aliphatic heterocycles. The molecule has 0 heterocycles. The quantitative estimate of drug-likeness (QED) is 0.823. The first-order chi connectivity index (χ1) is 8.82. The Balaban J connectivity index is 0.000000388. The molecule has 0 amide bonds. The Kier molecular flexibility index (Phi) is 8.62. The van der Waals surface area contributed by atoms with Crippen LogP contribution in [0.15, 0.2) is 30.3 Å². The minimum Gasteiger partial charge on any atom is -0.508 e. The zero-order valence-corrected chi connectivity index (χ0v) is 12.2. The van der Waals surface area contributed by atoms with Crippen LogP contribution in [-0.4, -0.2) is 23.2 Å². The summed E-state index contributed by atoms with van der Waals surface area (Å²) in [6, 6.07) is 8.20. The number of rotatable bonds is 4. The maximum Gasteiger partial charge on any atom is 0.322 e. The summed E-state index contributed by atoms with van der Waals surface area (Å²) < 4.78 is 5.06. The summed E-state index contributed by atoms with van der Waals surface area (Å²) in [6.07, 6.45) is 0.863. The Morgan fingerprint density at radius 3 is 2.05 bits per heavy atom. The molecule has 3 N–H and O–H groups in total. The van der Waals surface area contributed by atoms with E-state index in [0.717, 1.165) is 6.42 Å². The van der Waals surface area contributed by atoms with E-state index in [2.05, 4.69) is 13.8 Å². The number of nitrogens with two attached hydrogens (primary N) is 1. The van der Waals surface area contributed by atoms with Crippen LogP contribution in [0.2, 0.25) is 0 Å². The number of carbonyl (C=O) groups is 1. The van der Waals surface area contributed by atoms with Gasteiger partial charge in [-0.1, -0.05) is 32.0 Å². The van der Waals surface area contributed by atoms with E-state index in [-0.39, 0.29) is 12.1 Å². The fourth-order valence-electron chi connectivity index (χ4n) is 1.45. The van der Waals surface area contributed by atoms with Gasteiger partial charge in [-0.3, -0.25) is 4.79 Å². The van der Waals surface area contributed by atoms with Crippen molar-refractivity contribution >= 4 is 5.97 Å². The minimum absolute atomic E-state index is 0.0245. The van der Waals surface area contributed by atoms with Gasteiger partial charge in [-0.25, -0.2) is 0 Å². The molecule has 0 spiro atoms. The van der Waals surface area contributed by atoms with E-state index < -0.39 is 6.04 Å². The standard InChI is InChI=1S/C9H19NO2.C6H6O/c1-6(2)5-7(3)12-9(11)8(4)10;7-6-4-2-1-3-5-6/h6-8H,5,10H2,1-4H3;1-5,7H. The van der Waals surface area contributed by atoms with Crippen LogP contribution in [0.3, 0.4) is 0 Å². The highest BCUT2D eigenvalue weighted by molar-refractivity contribution is 5.75. The van der Waals surface area contributed by atoms with E-state index in [1.807, 2.05) is 13.0 Å². The van der Waals surface area contributed by atoms with Crippen molar-refractivity contribution in [3.8, 4) is 5.75 Å². The number of carbonyl (C=O) groups excluding carboxylic acids is 1. The summed E-state index contributed by atoms with van der Waals surface area (Å²) >= 11 is 0. The van der Waals surface area contributed by atoms with E-state index in [4.69, 9.17) is 15.6 Å². The van der Waals surface area contributed by atoms with Crippen LogP contribution in [0, 0.1) is 5.92 Å². The van der Waals surface area contributed by atoms with Gasteiger partial charge in [0.15, 0.2) is 0 Å². The predicted octanol–water partition coefficient (Wildman–Crippen LogP) is 2.70. The molecule has 19 heavy (non-hydrogen) atoms. The minimum atomic E-state index is -0.514. The summed E-state index contributed by atoms with van der Waals surface area (Å²) in [5.74, 6) is 0.548. The number of ether oxygens (including phenoxy) is 1. The number of esters is 1. The molecule has 4 nitrogen and oxygen atoms in total. The van der Waals surface area contributed by atoms with Crippen molar-refractivity contribution in [1.82, 2.24) is 0 Å². The van der Waals surface area contributed by atoms with Gasteiger partial charge in [0.2, 0.25) is 0 Å². The smallest absolute Gasteiger partial charge is 0.322 e. The molecule has 1 aromatic rings. The van der Waals surface area contributed by atoms with Crippen molar-refractivity contribution in [3.63, 3.8) is 0 Å². The van der Waals surface area contributed by atoms with Crippen LogP contribution in [0.25, 0.3) is 0 Å². The lowest BCUT2D eigenvalue weighted by molar-refractivity contribution is -0.150. The van der Waals surface area contributed by atoms with Gasteiger partial charge in [-0.2, -0.15) is 0 Å². The number of aromatic hydroxyl groups is 1. The average molecular weight is 267 g/mol. The molecule has 2 unspecified atom stereocenters. The SMILES string of the molecule is CC(C)CC(C)OC(=O)C(C)N.Oc1ccccc1. The molecule has 0 aliphatic rings. The topological polar surface area (TPSA) is 72.5 Å². The highest BCUT2D eigenvalue weighted by Crippen LogP contribution is 2.07. The summed E-state index contributed by atoms with van der Waals surface area (Å²) in [7, 11) is 0. The normalized spacial score (nSPS) is 13.2. The predicted molar refractivity (Wildman–Crippen MR) is 76.8 cm³/mol. The molecule has 0 saturated heterocycles. The number of hydrogen-bond donors (Lipinski definition) is 2. The molecule has 0 bridgehead atoms. The van der Waals surface area contributed by atoms with Gasteiger partial charge in [0.1, 0.15) is 11.8 Å². The van der Waals surface area contributed by atoms with Crippen molar-refractivity contribution in [2.45, 2.75) is 46.3 Å². The number of benzene rings is 1. The van der Waals surface area contributed by atoms with Crippen molar-refractivity contribution in [1.29, 1.82) is 0 Å². The van der Waals surface area contributed by atoms with Crippen LogP contribution in [0.4, 0.5) is 0 Å². The Morgan fingerprint density at radius 1 is 1.21 bits per heavy atom. The van der Waals surface area contributed by atoms with Crippen LogP contribution >= 0.6 is 0 Å². The maximum absolute atomic E-state index is 11.0. The van der Waals surface area contributed by atoms with Crippen LogP contribution in [0.5, 0.6) is 5.75 Å². The number of hydrogen-bond acceptors (Lipinski definition) is 4. The zero-order valence-electron chi connectivity index (χ0n) is 12.2. The van der Waals surface area contributed by atoms with Gasteiger partial charge in [-0.05, 0) is 38.3 Å². The molecule has 4 heteroatoms. The number of phenolic OH excluding ortho intramolecular Hbond substituents is 1. The van der Waals surface area contributed by atoms with Gasteiger partial charge in [0.05, 0.1) is 6.10 Å².